The molecule has 7 rings (SSSR count). The van der Waals surface area contributed by atoms with Gasteiger partial charge in [-0.3, -0.25) is 4.79 Å². The maximum Gasteiger partial charge on any atom is 0.408 e. The number of rotatable bonds is 3. The molecule has 1 fully saturated rings. The van der Waals surface area contributed by atoms with Gasteiger partial charge in [0.2, 0.25) is 0 Å². The Hall–Kier alpha value is -5.05. The minimum absolute atomic E-state index is 0.0723. The molecule has 0 radical (unpaired) electrons. The van der Waals surface area contributed by atoms with Crippen LogP contribution in [-0.2, 0) is 10.3 Å². The average molecular weight is 579 g/mol. The standard InChI is InChI=1S/C31H30N8O4/c1-29(2,3)43-28(42)37-31(13-30(4,14-31)15-32)27-33-11-16(12-34-27)19-8-9-39-25(35-19)23-18-10-20(24(23)38-39)36-26(41)17-6-5-7-21(40)22(17)18/h5-9,11-12,18,20,40H,10,13-14H2,1-4H3,(H,36,41)(H,37,42)/t18-,20-,30?,31?/m1/s1. The van der Waals surface area contributed by atoms with Crippen molar-refractivity contribution >= 4 is 17.6 Å². The van der Waals surface area contributed by atoms with Crippen molar-refractivity contribution in [2.24, 2.45) is 5.41 Å². The number of fused-ring (bicyclic) bond motifs is 9. The second-order valence-corrected chi connectivity index (χ2v) is 13.0. The Balaban J connectivity index is 1.24. The van der Waals surface area contributed by atoms with E-state index in [2.05, 4.69) is 26.7 Å². The van der Waals surface area contributed by atoms with Crippen molar-refractivity contribution in [1.29, 1.82) is 5.26 Å². The predicted octanol–water partition coefficient (Wildman–Crippen LogP) is 4.26. The molecular formula is C31H30N8O4. The van der Waals surface area contributed by atoms with Crippen LogP contribution in [0.4, 0.5) is 4.79 Å². The van der Waals surface area contributed by atoms with E-state index >= 15 is 0 Å². The highest BCUT2D eigenvalue weighted by molar-refractivity contribution is 5.98. The molecule has 2 aliphatic carbocycles. The van der Waals surface area contributed by atoms with E-state index in [4.69, 9.17) is 14.8 Å². The second-order valence-electron chi connectivity index (χ2n) is 13.0. The van der Waals surface area contributed by atoms with E-state index in [1.54, 1.807) is 62.1 Å². The number of aromatic hydroxyl groups is 1. The van der Waals surface area contributed by atoms with Gasteiger partial charge in [0, 0.05) is 46.8 Å². The van der Waals surface area contributed by atoms with Crippen LogP contribution in [0.2, 0.25) is 0 Å². The number of nitriles is 1. The first-order chi connectivity index (χ1) is 20.4. The lowest BCUT2D eigenvalue weighted by molar-refractivity contribution is 0.0127. The maximum atomic E-state index is 12.9. The fourth-order valence-electron chi connectivity index (χ4n) is 6.79. The van der Waals surface area contributed by atoms with Crippen molar-refractivity contribution in [3.05, 3.63) is 71.1 Å². The summed E-state index contributed by atoms with van der Waals surface area (Å²) < 4.78 is 7.17. The quantitative estimate of drug-likeness (QED) is 0.322. The lowest BCUT2D eigenvalue weighted by Gasteiger charge is -2.49. The number of benzene rings is 1. The number of hydrogen-bond acceptors (Lipinski definition) is 9. The Kier molecular flexibility index (Phi) is 5.60. The summed E-state index contributed by atoms with van der Waals surface area (Å²) in [6, 6.07) is 8.83. The molecule has 0 unspecified atom stereocenters. The van der Waals surface area contributed by atoms with Crippen LogP contribution in [0.1, 0.15) is 91.9 Å². The first-order valence-corrected chi connectivity index (χ1v) is 14.2. The molecule has 0 saturated heterocycles. The molecule has 3 N–H and O–H groups in total. The molecule has 2 bridgehead atoms. The molecule has 4 aromatic rings. The van der Waals surface area contributed by atoms with E-state index in [1.807, 2.05) is 13.0 Å². The number of amides is 2. The second kappa shape index (κ2) is 8.97. The molecule has 0 spiro atoms. The van der Waals surface area contributed by atoms with E-state index in [9.17, 15) is 20.0 Å². The molecule has 3 aromatic heterocycles. The fourth-order valence-corrected chi connectivity index (χ4v) is 6.79. The summed E-state index contributed by atoms with van der Waals surface area (Å²) in [5.41, 5.74) is 2.33. The van der Waals surface area contributed by atoms with Crippen molar-refractivity contribution in [2.75, 3.05) is 0 Å². The Morgan fingerprint density at radius 2 is 1.95 bits per heavy atom. The summed E-state index contributed by atoms with van der Waals surface area (Å²) in [6.45, 7) is 7.21. The molecule has 1 saturated carbocycles. The van der Waals surface area contributed by atoms with E-state index in [0.29, 0.717) is 53.1 Å². The number of phenolic OH excluding ortho intramolecular Hbond substituents is 1. The molecule has 12 heteroatoms. The number of aromatic nitrogens is 5. The Morgan fingerprint density at radius 3 is 2.65 bits per heavy atom. The van der Waals surface area contributed by atoms with Crippen LogP contribution in [-0.4, -0.2) is 47.3 Å². The van der Waals surface area contributed by atoms with Gasteiger partial charge in [-0.25, -0.2) is 24.3 Å². The van der Waals surface area contributed by atoms with Crippen LogP contribution in [0.5, 0.6) is 5.75 Å². The molecule has 1 aliphatic heterocycles. The third-order valence-corrected chi connectivity index (χ3v) is 8.45. The van der Waals surface area contributed by atoms with Crippen molar-refractivity contribution in [2.45, 2.75) is 70.1 Å². The third-order valence-electron chi connectivity index (χ3n) is 8.45. The minimum Gasteiger partial charge on any atom is -0.508 e. The number of nitrogens with zero attached hydrogens (tertiary/aromatic N) is 6. The summed E-state index contributed by atoms with van der Waals surface area (Å²) >= 11 is 0. The Labute approximate surface area is 247 Å². The zero-order chi connectivity index (χ0) is 30.3. The molecule has 2 atom stereocenters. The molecule has 1 aromatic carbocycles. The molecule has 4 heterocycles. The predicted molar refractivity (Wildman–Crippen MR) is 153 cm³/mol. The number of hydrogen-bond donors (Lipinski definition) is 3. The zero-order valence-corrected chi connectivity index (χ0v) is 24.2. The SMILES string of the molecule is CC1(C#N)CC(NC(=O)OC(C)(C)C)(c2ncc(-c3ccn4nc5c(c4n3)[C@@H]3C[C@H]5NC(=O)c4cccc(O)c43)cn2)C1. The molecular weight excluding hydrogens is 548 g/mol. The van der Waals surface area contributed by atoms with Crippen molar-refractivity contribution in [3.8, 4) is 23.1 Å². The van der Waals surface area contributed by atoms with Gasteiger partial charge in [0.25, 0.3) is 5.91 Å². The number of nitrogens with one attached hydrogen (secondary N) is 2. The van der Waals surface area contributed by atoms with Gasteiger partial charge in [0.15, 0.2) is 11.5 Å². The van der Waals surface area contributed by atoms with Crippen LogP contribution >= 0.6 is 0 Å². The van der Waals surface area contributed by atoms with Crippen LogP contribution in [0.3, 0.4) is 0 Å². The monoisotopic (exact) mass is 578 g/mol. The van der Waals surface area contributed by atoms with Gasteiger partial charge >= 0.3 is 6.09 Å². The van der Waals surface area contributed by atoms with Crippen LogP contribution in [0, 0.1) is 16.7 Å². The van der Waals surface area contributed by atoms with Gasteiger partial charge in [0.05, 0.1) is 28.9 Å². The molecule has 2 amide bonds. The van der Waals surface area contributed by atoms with Crippen LogP contribution in [0.25, 0.3) is 16.9 Å². The molecule has 218 valence electrons. The maximum absolute atomic E-state index is 12.9. The first-order valence-electron chi connectivity index (χ1n) is 14.2. The van der Waals surface area contributed by atoms with Gasteiger partial charge in [-0.1, -0.05) is 6.07 Å². The van der Waals surface area contributed by atoms with Crippen molar-refractivity contribution in [3.63, 3.8) is 0 Å². The average Bonchev–Trinajstić information content (AvgIpc) is 3.43. The number of ether oxygens (including phenoxy) is 1. The van der Waals surface area contributed by atoms with Crippen LogP contribution in [0.15, 0.2) is 42.9 Å². The van der Waals surface area contributed by atoms with E-state index < -0.39 is 22.6 Å². The van der Waals surface area contributed by atoms with Gasteiger partial charge in [-0.2, -0.15) is 10.4 Å². The minimum atomic E-state index is -0.926. The normalized spacial score (nSPS) is 25.5. The summed E-state index contributed by atoms with van der Waals surface area (Å²) in [5, 5.41) is 31.1. The van der Waals surface area contributed by atoms with E-state index in [1.165, 1.54) is 0 Å². The van der Waals surface area contributed by atoms with E-state index in [-0.39, 0.29) is 23.6 Å². The molecule has 3 aliphatic rings. The highest BCUT2D eigenvalue weighted by Crippen LogP contribution is 2.53. The van der Waals surface area contributed by atoms with Crippen LogP contribution < -0.4 is 10.6 Å². The summed E-state index contributed by atoms with van der Waals surface area (Å²) in [4.78, 5) is 39.8. The van der Waals surface area contributed by atoms with Gasteiger partial charge < -0.3 is 20.5 Å². The molecule has 12 nitrogen and oxygen atoms in total. The van der Waals surface area contributed by atoms with E-state index in [0.717, 1.165) is 11.3 Å². The third kappa shape index (κ3) is 4.26. The first kappa shape index (κ1) is 26.8. The zero-order valence-electron chi connectivity index (χ0n) is 24.2. The summed E-state index contributed by atoms with van der Waals surface area (Å²) in [7, 11) is 0. The highest BCUT2D eigenvalue weighted by Gasteiger charge is 2.56. The number of phenols is 1. The smallest absolute Gasteiger partial charge is 0.408 e. The Bertz CT molecular complexity index is 1860. The number of alkyl carbamates (subject to hydrolysis) is 1. The number of carbonyl (C=O) groups excluding carboxylic acids is 2. The van der Waals surface area contributed by atoms with Gasteiger partial charge in [-0.15, -0.1) is 0 Å². The summed E-state index contributed by atoms with van der Waals surface area (Å²) in [6.07, 6.45) is 5.82. The summed E-state index contributed by atoms with van der Waals surface area (Å²) in [5.74, 6) is -0.00886. The number of carbonyl (C=O) groups is 2. The highest BCUT2D eigenvalue weighted by atomic mass is 16.6. The largest absolute Gasteiger partial charge is 0.508 e. The fraction of sp³-hybridized carbons (Fsp3) is 0.387. The molecule has 43 heavy (non-hydrogen) atoms. The van der Waals surface area contributed by atoms with Crippen molar-refractivity contribution < 1.29 is 19.4 Å². The lowest BCUT2D eigenvalue weighted by atomic mass is 9.58. The van der Waals surface area contributed by atoms with Gasteiger partial charge in [0.1, 0.15) is 16.9 Å². The lowest BCUT2D eigenvalue weighted by Crippen LogP contribution is -2.59. The van der Waals surface area contributed by atoms with Gasteiger partial charge in [-0.05, 0) is 65.2 Å². The van der Waals surface area contributed by atoms with Crippen molar-refractivity contribution in [1.82, 2.24) is 35.2 Å². The topological polar surface area (TPSA) is 167 Å². The Morgan fingerprint density at radius 1 is 1.21 bits per heavy atom.